The first-order chi connectivity index (χ1) is 19.6. The molecule has 5 rings (SSSR count). The number of amides is 1. The van der Waals surface area contributed by atoms with E-state index in [2.05, 4.69) is 5.32 Å². The van der Waals surface area contributed by atoms with Crippen LogP contribution in [0.4, 0.5) is 9.59 Å². The number of aryl methyl sites for hydroxylation is 1. The van der Waals surface area contributed by atoms with Crippen LogP contribution in [0.3, 0.4) is 0 Å². The van der Waals surface area contributed by atoms with Gasteiger partial charge in [-0.1, -0.05) is 67.6 Å². The number of aliphatic carboxylic acids is 1. The number of benzene rings is 3. The summed E-state index contributed by atoms with van der Waals surface area (Å²) in [6.45, 7) is 7.45. The second-order valence-corrected chi connectivity index (χ2v) is 11.3. The van der Waals surface area contributed by atoms with Gasteiger partial charge in [-0.15, -0.1) is 0 Å². The number of ether oxygens (including phenoxy) is 2. The van der Waals surface area contributed by atoms with Gasteiger partial charge in [-0.05, 0) is 66.6 Å². The average molecular weight is 555 g/mol. The maximum Gasteiger partial charge on any atom is 0.419 e. The van der Waals surface area contributed by atoms with Crippen molar-refractivity contribution in [1.82, 2.24) is 9.88 Å². The van der Waals surface area contributed by atoms with Gasteiger partial charge in [0.05, 0.1) is 5.52 Å². The Bertz CT molecular complexity index is 1580. The molecule has 1 heterocycles. The van der Waals surface area contributed by atoms with Gasteiger partial charge in [-0.25, -0.2) is 14.4 Å². The Hall–Kier alpha value is -4.59. The lowest BCUT2D eigenvalue weighted by molar-refractivity contribution is -0.139. The minimum Gasteiger partial charge on any atom is -0.480 e. The first-order valence-corrected chi connectivity index (χ1v) is 13.8. The van der Waals surface area contributed by atoms with Crippen LogP contribution in [-0.4, -0.2) is 46.1 Å². The highest BCUT2D eigenvalue weighted by Gasteiger charge is 2.30. The molecule has 0 bridgehead atoms. The van der Waals surface area contributed by atoms with E-state index in [4.69, 9.17) is 9.47 Å². The molecular formula is C33H34N2O6. The Labute approximate surface area is 238 Å². The van der Waals surface area contributed by atoms with Gasteiger partial charge in [0.15, 0.2) is 0 Å². The summed E-state index contributed by atoms with van der Waals surface area (Å²) in [7, 11) is 0. The maximum atomic E-state index is 13.0. The Morgan fingerprint density at radius 1 is 0.976 bits per heavy atom. The van der Waals surface area contributed by atoms with Crippen LogP contribution in [0, 0.1) is 0 Å². The largest absolute Gasteiger partial charge is 0.480 e. The van der Waals surface area contributed by atoms with Crippen LogP contribution in [0.15, 0.2) is 72.9 Å². The highest BCUT2D eigenvalue weighted by molar-refractivity contribution is 5.93. The van der Waals surface area contributed by atoms with Crippen molar-refractivity contribution in [3.05, 3.63) is 95.2 Å². The third kappa shape index (κ3) is 5.82. The van der Waals surface area contributed by atoms with E-state index >= 15 is 0 Å². The summed E-state index contributed by atoms with van der Waals surface area (Å²) >= 11 is 0. The molecule has 0 radical (unpaired) electrons. The van der Waals surface area contributed by atoms with Gasteiger partial charge in [0.25, 0.3) is 0 Å². The predicted octanol–water partition coefficient (Wildman–Crippen LogP) is 6.52. The molecular weight excluding hydrogens is 520 g/mol. The fourth-order valence-corrected chi connectivity index (χ4v) is 5.39. The van der Waals surface area contributed by atoms with Crippen molar-refractivity contribution in [2.75, 3.05) is 6.61 Å². The number of fused-ring (bicyclic) bond motifs is 4. The predicted molar refractivity (Wildman–Crippen MR) is 156 cm³/mol. The number of hydrogen-bond acceptors (Lipinski definition) is 5. The molecule has 2 N–H and O–H groups in total. The molecule has 1 aromatic heterocycles. The van der Waals surface area contributed by atoms with Crippen molar-refractivity contribution in [2.45, 2.75) is 58.1 Å². The smallest absolute Gasteiger partial charge is 0.419 e. The molecule has 1 aliphatic carbocycles. The molecule has 1 amide bonds. The molecule has 1 atom stereocenters. The number of rotatable bonds is 7. The summed E-state index contributed by atoms with van der Waals surface area (Å²) in [5.74, 6) is -1.35. The summed E-state index contributed by atoms with van der Waals surface area (Å²) in [6, 6.07) is 20.4. The van der Waals surface area contributed by atoms with Gasteiger partial charge >= 0.3 is 18.2 Å². The zero-order chi connectivity index (χ0) is 29.3. The minimum atomic E-state index is -1.27. The van der Waals surface area contributed by atoms with Crippen molar-refractivity contribution in [1.29, 1.82) is 0 Å². The van der Waals surface area contributed by atoms with Crippen LogP contribution < -0.4 is 5.32 Å². The summed E-state index contributed by atoms with van der Waals surface area (Å²) in [6.07, 6.45) is 0.943. The van der Waals surface area contributed by atoms with Crippen molar-refractivity contribution in [3.8, 4) is 11.1 Å². The molecule has 8 heteroatoms. The maximum absolute atomic E-state index is 13.0. The third-order valence-electron chi connectivity index (χ3n) is 7.31. The number of aromatic nitrogens is 1. The van der Waals surface area contributed by atoms with E-state index in [9.17, 15) is 19.5 Å². The van der Waals surface area contributed by atoms with Gasteiger partial charge in [0, 0.05) is 23.9 Å². The first-order valence-electron chi connectivity index (χ1n) is 13.8. The number of hydrogen-bond donors (Lipinski definition) is 2. The number of alkyl carbamates (subject to hydrolysis) is 1. The van der Waals surface area contributed by atoms with Crippen LogP contribution in [0.5, 0.6) is 0 Å². The van der Waals surface area contributed by atoms with Gasteiger partial charge in [0.2, 0.25) is 0 Å². The average Bonchev–Trinajstić information content (AvgIpc) is 3.46. The Kier molecular flexibility index (Phi) is 7.58. The Morgan fingerprint density at radius 2 is 1.61 bits per heavy atom. The summed E-state index contributed by atoms with van der Waals surface area (Å²) in [4.78, 5) is 38.1. The minimum absolute atomic E-state index is 0.0443. The van der Waals surface area contributed by atoms with Crippen molar-refractivity contribution in [2.24, 2.45) is 0 Å². The number of nitrogens with one attached hydrogen (secondary N) is 1. The monoisotopic (exact) mass is 554 g/mol. The summed E-state index contributed by atoms with van der Waals surface area (Å²) in [5, 5.41) is 13.2. The van der Waals surface area contributed by atoms with E-state index in [1.807, 2.05) is 73.7 Å². The molecule has 0 saturated heterocycles. The molecule has 0 saturated carbocycles. The normalized spacial score (nSPS) is 13.4. The first kappa shape index (κ1) is 28.0. The molecule has 3 aromatic carbocycles. The quantitative estimate of drug-likeness (QED) is 0.269. The molecule has 1 unspecified atom stereocenters. The number of carbonyl (C=O) groups excluding carboxylic acids is 2. The summed E-state index contributed by atoms with van der Waals surface area (Å²) in [5.41, 5.74) is 5.89. The van der Waals surface area contributed by atoms with Crippen LogP contribution >= 0.6 is 0 Å². The molecule has 1 aliphatic rings. The lowest BCUT2D eigenvalue weighted by atomic mass is 9.98. The number of nitrogens with zero attached hydrogens (tertiary/aromatic N) is 1. The van der Waals surface area contributed by atoms with E-state index in [1.165, 1.54) is 4.57 Å². The van der Waals surface area contributed by atoms with Gasteiger partial charge in [0.1, 0.15) is 18.2 Å². The standard InChI is InChI=1S/C33H34N2O6/c1-5-20-14-15-22-21(18-35(29(22)16-20)32(39)41-33(2,3)4)17-28(30(36)37)34-31(38)40-19-27-25-12-8-6-10-23(25)24-11-7-9-13-26(24)27/h6-16,18,27-28H,5,17,19H2,1-4H3,(H,34,38)(H,36,37). The van der Waals surface area contributed by atoms with Crippen LogP contribution in [-0.2, 0) is 27.1 Å². The lowest BCUT2D eigenvalue weighted by Gasteiger charge is -2.19. The van der Waals surface area contributed by atoms with Crippen LogP contribution in [0.25, 0.3) is 22.0 Å². The number of carboxylic acids is 1. The SMILES string of the molecule is CCc1ccc2c(CC(NC(=O)OCC3c4ccccc4-c4ccccc43)C(=O)O)cn(C(=O)OC(C)(C)C)c2c1. The van der Waals surface area contributed by atoms with Crippen molar-refractivity contribution >= 4 is 29.1 Å². The van der Waals surface area contributed by atoms with E-state index < -0.39 is 29.8 Å². The highest BCUT2D eigenvalue weighted by Crippen LogP contribution is 2.44. The Balaban J connectivity index is 1.34. The summed E-state index contributed by atoms with van der Waals surface area (Å²) < 4.78 is 12.6. The van der Waals surface area contributed by atoms with Crippen LogP contribution in [0.2, 0.25) is 0 Å². The topological polar surface area (TPSA) is 107 Å². The molecule has 4 aromatic rings. The van der Waals surface area contributed by atoms with Crippen molar-refractivity contribution in [3.63, 3.8) is 0 Å². The van der Waals surface area contributed by atoms with Crippen LogP contribution in [0.1, 0.15) is 55.9 Å². The lowest BCUT2D eigenvalue weighted by Crippen LogP contribution is -2.42. The molecule has 0 aliphatic heterocycles. The number of carbonyl (C=O) groups is 3. The fourth-order valence-electron chi connectivity index (χ4n) is 5.39. The molecule has 212 valence electrons. The Morgan fingerprint density at radius 3 is 2.20 bits per heavy atom. The van der Waals surface area contributed by atoms with Crippen molar-refractivity contribution < 1.29 is 29.0 Å². The second kappa shape index (κ2) is 11.1. The number of carboxylic acid groups (broad SMARTS) is 1. The van der Waals surface area contributed by atoms with Gasteiger partial charge < -0.3 is 19.9 Å². The van der Waals surface area contributed by atoms with E-state index in [-0.39, 0.29) is 18.9 Å². The van der Waals surface area contributed by atoms with Gasteiger partial charge in [-0.2, -0.15) is 0 Å². The molecule has 41 heavy (non-hydrogen) atoms. The van der Waals surface area contributed by atoms with E-state index in [1.54, 1.807) is 27.0 Å². The second-order valence-electron chi connectivity index (χ2n) is 11.3. The zero-order valence-corrected chi connectivity index (χ0v) is 23.6. The molecule has 8 nitrogen and oxygen atoms in total. The fraction of sp³-hybridized carbons (Fsp3) is 0.303. The van der Waals surface area contributed by atoms with E-state index in [0.717, 1.165) is 34.2 Å². The van der Waals surface area contributed by atoms with Gasteiger partial charge in [-0.3, -0.25) is 4.57 Å². The molecule has 0 spiro atoms. The third-order valence-corrected chi connectivity index (χ3v) is 7.31. The highest BCUT2D eigenvalue weighted by atomic mass is 16.6. The molecule has 0 fully saturated rings. The zero-order valence-electron chi connectivity index (χ0n) is 23.6. The van der Waals surface area contributed by atoms with E-state index in [0.29, 0.717) is 16.5 Å².